The van der Waals surface area contributed by atoms with Gasteiger partial charge in [0.2, 0.25) is 5.91 Å². The fraction of sp³-hybridized carbons (Fsp3) is 0.222. The molecule has 0 aliphatic heterocycles. The topological polar surface area (TPSA) is 105 Å². The largest absolute Gasteiger partial charge is 0.478 e. The van der Waals surface area contributed by atoms with E-state index in [-0.39, 0.29) is 30.5 Å². The molecule has 3 aromatic rings. The van der Waals surface area contributed by atoms with Crippen molar-refractivity contribution in [3.63, 3.8) is 0 Å². The third-order valence-electron chi connectivity index (χ3n) is 6.09. The number of anilines is 1. The Bertz CT molecular complexity index is 1260. The molecule has 2 amide bonds. The van der Waals surface area contributed by atoms with Crippen LogP contribution in [0.15, 0.2) is 71.2 Å². The van der Waals surface area contributed by atoms with E-state index in [4.69, 9.17) is 4.74 Å². The summed E-state index contributed by atoms with van der Waals surface area (Å²) in [5.41, 5.74) is 3.96. The average Bonchev–Trinajstić information content (AvgIpc) is 3.16. The first-order valence-electron chi connectivity index (χ1n) is 11.1. The van der Waals surface area contributed by atoms with E-state index in [1.165, 1.54) is 6.07 Å². The van der Waals surface area contributed by atoms with Crippen LogP contribution < -0.4 is 10.6 Å². The Morgan fingerprint density at radius 3 is 2.17 bits per heavy atom. The van der Waals surface area contributed by atoms with Gasteiger partial charge in [0.25, 0.3) is 0 Å². The van der Waals surface area contributed by atoms with Crippen molar-refractivity contribution < 1.29 is 24.2 Å². The van der Waals surface area contributed by atoms with E-state index in [0.29, 0.717) is 10.2 Å². The van der Waals surface area contributed by atoms with Gasteiger partial charge in [-0.25, -0.2) is 9.59 Å². The van der Waals surface area contributed by atoms with Crippen LogP contribution in [0.3, 0.4) is 0 Å². The van der Waals surface area contributed by atoms with Crippen molar-refractivity contribution in [3.05, 3.63) is 87.9 Å². The molecule has 0 saturated carbocycles. The molecule has 7 nitrogen and oxygen atoms in total. The van der Waals surface area contributed by atoms with E-state index in [1.54, 1.807) is 26.0 Å². The fourth-order valence-electron chi connectivity index (χ4n) is 4.09. The molecule has 0 atom stereocenters. The van der Waals surface area contributed by atoms with Crippen molar-refractivity contribution in [2.75, 3.05) is 18.5 Å². The molecule has 1 aliphatic carbocycles. The lowest BCUT2D eigenvalue weighted by Gasteiger charge is -2.24. The number of amides is 2. The van der Waals surface area contributed by atoms with Crippen LogP contribution in [0.2, 0.25) is 0 Å². The van der Waals surface area contributed by atoms with Crippen molar-refractivity contribution in [1.82, 2.24) is 5.32 Å². The molecule has 0 bridgehead atoms. The number of rotatable bonds is 7. The molecule has 8 heteroatoms. The monoisotopic (exact) mass is 536 g/mol. The van der Waals surface area contributed by atoms with Crippen molar-refractivity contribution in [1.29, 1.82) is 0 Å². The van der Waals surface area contributed by atoms with Crippen molar-refractivity contribution in [2.24, 2.45) is 5.41 Å². The van der Waals surface area contributed by atoms with E-state index >= 15 is 0 Å². The Morgan fingerprint density at radius 1 is 0.971 bits per heavy atom. The molecular formula is C27H25BrN2O5. The Balaban J connectivity index is 1.34. The summed E-state index contributed by atoms with van der Waals surface area (Å²) in [4.78, 5) is 36.6. The van der Waals surface area contributed by atoms with Crippen LogP contribution in [-0.4, -0.2) is 36.2 Å². The number of aromatic carboxylic acids is 1. The first kappa shape index (κ1) is 24.5. The summed E-state index contributed by atoms with van der Waals surface area (Å²) >= 11 is 3.18. The number of carboxylic acid groups (broad SMARTS) is 1. The molecule has 1 aliphatic rings. The fourth-order valence-corrected chi connectivity index (χ4v) is 4.51. The molecule has 35 heavy (non-hydrogen) atoms. The number of benzene rings is 3. The van der Waals surface area contributed by atoms with Crippen LogP contribution in [0.1, 0.15) is 41.3 Å². The van der Waals surface area contributed by atoms with Crippen LogP contribution in [0.25, 0.3) is 11.1 Å². The summed E-state index contributed by atoms with van der Waals surface area (Å²) in [5, 5.41) is 14.7. The van der Waals surface area contributed by atoms with Crippen LogP contribution in [0, 0.1) is 5.41 Å². The van der Waals surface area contributed by atoms with Gasteiger partial charge in [-0.2, -0.15) is 0 Å². The van der Waals surface area contributed by atoms with Gasteiger partial charge in [-0.1, -0.05) is 48.5 Å². The molecular weight excluding hydrogens is 512 g/mol. The normalized spacial score (nSPS) is 12.4. The molecule has 4 rings (SSSR count). The number of fused-ring (bicyclic) bond motifs is 3. The van der Waals surface area contributed by atoms with Gasteiger partial charge in [-0.05, 0) is 70.2 Å². The summed E-state index contributed by atoms with van der Waals surface area (Å²) in [6.45, 7) is 3.59. The van der Waals surface area contributed by atoms with Crippen molar-refractivity contribution in [3.8, 4) is 11.1 Å². The van der Waals surface area contributed by atoms with Gasteiger partial charge in [0.1, 0.15) is 6.61 Å². The highest BCUT2D eigenvalue weighted by Gasteiger charge is 2.31. The predicted octanol–water partition coefficient (Wildman–Crippen LogP) is 5.65. The third kappa shape index (κ3) is 5.22. The average molecular weight is 537 g/mol. The zero-order valence-corrected chi connectivity index (χ0v) is 20.9. The highest BCUT2D eigenvalue weighted by molar-refractivity contribution is 9.10. The number of hydrogen-bond acceptors (Lipinski definition) is 4. The Hall–Kier alpha value is -3.65. The second kappa shape index (κ2) is 9.92. The van der Waals surface area contributed by atoms with Gasteiger partial charge < -0.3 is 20.5 Å². The van der Waals surface area contributed by atoms with Gasteiger partial charge >= 0.3 is 12.1 Å². The van der Waals surface area contributed by atoms with Gasteiger partial charge in [-0.15, -0.1) is 0 Å². The number of halogens is 1. The van der Waals surface area contributed by atoms with Crippen LogP contribution in [0.5, 0.6) is 0 Å². The zero-order chi connectivity index (χ0) is 25.2. The number of carboxylic acids is 1. The minimum Gasteiger partial charge on any atom is -0.478 e. The quantitative estimate of drug-likeness (QED) is 0.361. The first-order chi connectivity index (χ1) is 16.7. The molecule has 0 heterocycles. The van der Waals surface area contributed by atoms with Crippen molar-refractivity contribution >= 4 is 39.6 Å². The lowest BCUT2D eigenvalue weighted by molar-refractivity contribution is -0.123. The van der Waals surface area contributed by atoms with E-state index in [1.807, 2.05) is 36.4 Å². The highest BCUT2D eigenvalue weighted by Crippen LogP contribution is 2.44. The number of alkyl carbamates (subject to hydrolysis) is 1. The number of nitrogens with one attached hydrogen (secondary N) is 2. The Kier molecular flexibility index (Phi) is 6.93. The summed E-state index contributed by atoms with van der Waals surface area (Å²) in [7, 11) is 0. The zero-order valence-electron chi connectivity index (χ0n) is 19.3. The van der Waals surface area contributed by atoms with E-state index in [0.717, 1.165) is 22.3 Å². The van der Waals surface area contributed by atoms with Gasteiger partial charge in [0, 0.05) is 22.6 Å². The molecule has 3 aromatic carbocycles. The Labute approximate surface area is 211 Å². The lowest BCUT2D eigenvalue weighted by Crippen LogP contribution is -2.42. The van der Waals surface area contributed by atoms with E-state index < -0.39 is 17.5 Å². The summed E-state index contributed by atoms with van der Waals surface area (Å²) in [5.74, 6) is -1.52. The van der Waals surface area contributed by atoms with Gasteiger partial charge in [0.05, 0.1) is 11.0 Å². The number of hydrogen-bond donors (Lipinski definition) is 3. The highest BCUT2D eigenvalue weighted by atomic mass is 79.9. The molecule has 0 unspecified atom stereocenters. The molecule has 0 fully saturated rings. The maximum absolute atomic E-state index is 12.8. The molecule has 0 saturated heterocycles. The first-order valence-corrected chi connectivity index (χ1v) is 11.9. The SMILES string of the molecule is CC(C)(CNC(=O)OCC1c2ccccc2-c2ccccc21)C(=O)Nc1ccc(Br)c(C(=O)O)c1. The second-order valence-electron chi connectivity index (χ2n) is 9.02. The van der Waals surface area contributed by atoms with E-state index in [9.17, 15) is 19.5 Å². The maximum Gasteiger partial charge on any atom is 0.407 e. The number of carbonyl (C=O) groups excluding carboxylic acids is 2. The molecule has 180 valence electrons. The number of carbonyl (C=O) groups is 3. The third-order valence-corrected chi connectivity index (χ3v) is 6.78. The van der Waals surface area contributed by atoms with Crippen LogP contribution in [0.4, 0.5) is 10.5 Å². The Morgan fingerprint density at radius 2 is 1.57 bits per heavy atom. The standard InChI is InChI=1S/C27H25BrN2O5/c1-27(2,25(33)30-16-11-12-23(28)21(13-16)24(31)32)15-29-26(34)35-14-22-19-9-5-3-7-17(19)18-8-4-6-10-20(18)22/h3-13,22H,14-15H2,1-2H3,(H,29,34)(H,30,33)(H,31,32). The van der Waals surface area contributed by atoms with Gasteiger partial charge in [-0.3, -0.25) is 4.79 Å². The molecule has 0 aromatic heterocycles. The summed E-state index contributed by atoms with van der Waals surface area (Å²) in [6.07, 6.45) is -0.607. The lowest BCUT2D eigenvalue weighted by atomic mass is 9.92. The minimum absolute atomic E-state index is 0.0392. The smallest absolute Gasteiger partial charge is 0.407 e. The van der Waals surface area contributed by atoms with Crippen molar-refractivity contribution in [2.45, 2.75) is 19.8 Å². The van der Waals surface area contributed by atoms with Crippen LogP contribution in [-0.2, 0) is 9.53 Å². The molecule has 0 radical (unpaired) electrons. The molecule has 0 spiro atoms. The summed E-state index contributed by atoms with van der Waals surface area (Å²) in [6, 6.07) is 20.7. The number of ether oxygens (including phenoxy) is 1. The van der Waals surface area contributed by atoms with E-state index in [2.05, 4.69) is 38.7 Å². The van der Waals surface area contributed by atoms with Gasteiger partial charge in [0.15, 0.2) is 0 Å². The summed E-state index contributed by atoms with van der Waals surface area (Å²) < 4.78 is 5.95. The predicted molar refractivity (Wildman–Crippen MR) is 137 cm³/mol. The second-order valence-corrected chi connectivity index (χ2v) is 9.87. The maximum atomic E-state index is 12.8. The van der Waals surface area contributed by atoms with Crippen LogP contribution >= 0.6 is 15.9 Å². The molecule has 3 N–H and O–H groups in total. The minimum atomic E-state index is -1.11.